The van der Waals surface area contributed by atoms with Crippen LogP contribution in [0.3, 0.4) is 0 Å². The zero-order chi connectivity index (χ0) is 13.0. The quantitative estimate of drug-likeness (QED) is 0.503. The molecular formula is C15H20ClIO. The summed E-state index contributed by atoms with van der Waals surface area (Å²) in [6, 6.07) is 8.06. The van der Waals surface area contributed by atoms with E-state index < -0.39 is 0 Å². The molecule has 0 aromatic heterocycles. The molecule has 3 unspecified atom stereocenters. The van der Waals surface area contributed by atoms with Gasteiger partial charge in [-0.05, 0) is 36.5 Å². The molecule has 0 aliphatic heterocycles. The minimum atomic E-state index is 0.202. The number of alkyl halides is 1. The van der Waals surface area contributed by atoms with Crippen molar-refractivity contribution in [1.29, 1.82) is 0 Å². The van der Waals surface area contributed by atoms with Crippen molar-refractivity contribution in [2.24, 2.45) is 5.92 Å². The van der Waals surface area contributed by atoms with Crippen LogP contribution >= 0.6 is 34.2 Å². The zero-order valence-electron chi connectivity index (χ0n) is 10.7. The van der Waals surface area contributed by atoms with Crippen molar-refractivity contribution < 1.29 is 4.74 Å². The Morgan fingerprint density at radius 3 is 2.56 bits per heavy atom. The summed E-state index contributed by atoms with van der Waals surface area (Å²) in [6.07, 6.45) is 5.81. The second-order valence-electron chi connectivity index (χ2n) is 5.13. The van der Waals surface area contributed by atoms with Crippen LogP contribution in [0.4, 0.5) is 0 Å². The maximum Gasteiger partial charge on any atom is 0.0918 e. The highest BCUT2D eigenvalue weighted by Crippen LogP contribution is 2.32. The molecule has 1 aliphatic rings. The van der Waals surface area contributed by atoms with E-state index in [1.807, 2.05) is 12.1 Å². The first kappa shape index (κ1) is 14.6. The Balaban J connectivity index is 2.02. The van der Waals surface area contributed by atoms with Gasteiger partial charge in [0.1, 0.15) is 0 Å². The number of halogens is 2. The number of hydrogen-bond donors (Lipinski definition) is 0. The lowest BCUT2D eigenvalue weighted by Gasteiger charge is -2.32. The lowest BCUT2D eigenvalue weighted by Crippen LogP contribution is -2.27. The molecule has 0 heterocycles. The van der Waals surface area contributed by atoms with Gasteiger partial charge in [0, 0.05) is 9.45 Å². The van der Waals surface area contributed by atoms with Crippen molar-refractivity contribution in [1.82, 2.24) is 0 Å². The van der Waals surface area contributed by atoms with E-state index in [0.29, 0.717) is 12.0 Å². The highest BCUT2D eigenvalue weighted by atomic mass is 127. The number of rotatable bonds is 4. The van der Waals surface area contributed by atoms with Crippen LogP contribution in [0, 0.1) is 5.92 Å². The highest BCUT2D eigenvalue weighted by Gasteiger charge is 2.25. The molecule has 0 bridgehead atoms. The van der Waals surface area contributed by atoms with Crippen LogP contribution in [0.1, 0.15) is 44.3 Å². The molecule has 1 saturated carbocycles. The van der Waals surface area contributed by atoms with Crippen LogP contribution in [-0.4, -0.2) is 10.5 Å². The first-order valence-electron chi connectivity index (χ1n) is 6.67. The molecule has 0 saturated heterocycles. The van der Waals surface area contributed by atoms with Crippen molar-refractivity contribution >= 4 is 34.2 Å². The summed E-state index contributed by atoms with van der Waals surface area (Å²) in [5.41, 5.74) is 1.24. The molecule has 18 heavy (non-hydrogen) atoms. The third-order valence-corrected chi connectivity index (χ3v) is 4.81. The number of hydrogen-bond acceptors (Lipinski definition) is 1. The van der Waals surface area contributed by atoms with Gasteiger partial charge in [0.25, 0.3) is 0 Å². The topological polar surface area (TPSA) is 9.23 Å². The molecule has 0 spiro atoms. The van der Waals surface area contributed by atoms with E-state index in [4.69, 9.17) is 16.3 Å². The Hall–Kier alpha value is 0.200. The molecular weight excluding hydrogens is 359 g/mol. The van der Waals surface area contributed by atoms with Crippen LogP contribution in [-0.2, 0) is 4.74 Å². The predicted octanol–water partition coefficient (Wildman–Crippen LogP) is 5.41. The minimum absolute atomic E-state index is 0.202. The van der Waals surface area contributed by atoms with Gasteiger partial charge in [-0.25, -0.2) is 0 Å². The van der Waals surface area contributed by atoms with Crippen LogP contribution < -0.4 is 0 Å². The van der Waals surface area contributed by atoms with Crippen LogP contribution in [0.25, 0.3) is 0 Å². The Morgan fingerprint density at radius 2 is 1.94 bits per heavy atom. The fourth-order valence-corrected chi connectivity index (χ4v) is 3.42. The van der Waals surface area contributed by atoms with Crippen molar-refractivity contribution in [2.75, 3.05) is 4.43 Å². The van der Waals surface area contributed by atoms with Gasteiger partial charge in [0.15, 0.2) is 0 Å². The van der Waals surface area contributed by atoms with Gasteiger partial charge in [0.05, 0.1) is 12.2 Å². The van der Waals surface area contributed by atoms with Crippen molar-refractivity contribution in [2.45, 2.75) is 44.8 Å². The molecule has 0 radical (unpaired) electrons. The molecule has 1 aliphatic carbocycles. The van der Waals surface area contributed by atoms with Crippen LogP contribution in [0.5, 0.6) is 0 Å². The van der Waals surface area contributed by atoms with Crippen molar-refractivity contribution in [3.05, 3.63) is 34.9 Å². The van der Waals surface area contributed by atoms with Gasteiger partial charge in [-0.1, -0.05) is 66.1 Å². The fourth-order valence-electron chi connectivity index (χ4n) is 2.58. The van der Waals surface area contributed by atoms with Gasteiger partial charge in [-0.3, -0.25) is 0 Å². The SMILES string of the molecule is CC1CCCCC1OC(CI)c1ccc(Cl)cc1. The molecule has 1 aromatic carbocycles. The third kappa shape index (κ3) is 3.84. The fraction of sp³-hybridized carbons (Fsp3) is 0.600. The normalized spacial score (nSPS) is 25.9. The van der Waals surface area contributed by atoms with E-state index in [-0.39, 0.29) is 6.10 Å². The number of ether oxygens (including phenoxy) is 1. The summed E-state index contributed by atoms with van der Waals surface area (Å²) >= 11 is 8.34. The molecule has 1 aromatic rings. The minimum Gasteiger partial charge on any atom is -0.369 e. The lowest BCUT2D eigenvalue weighted by molar-refractivity contribution is -0.0461. The Labute approximate surface area is 128 Å². The molecule has 3 atom stereocenters. The Morgan fingerprint density at radius 1 is 1.28 bits per heavy atom. The molecule has 1 nitrogen and oxygen atoms in total. The summed E-state index contributed by atoms with van der Waals surface area (Å²) in [5, 5.41) is 0.789. The van der Waals surface area contributed by atoms with Crippen LogP contribution in [0.15, 0.2) is 24.3 Å². The second-order valence-corrected chi connectivity index (χ2v) is 6.45. The van der Waals surface area contributed by atoms with Crippen molar-refractivity contribution in [3.8, 4) is 0 Å². The second kappa shape index (κ2) is 7.11. The first-order chi connectivity index (χ1) is 8.70. The summed E-state index contributed by atoms with van der Waals surface area (Å²) < 4.78 is 7.32. The highest BCUT2D eigenvalue weighted by molar-refractivity contribution is 14.1. The summed E-state index contributed by atoms with van der Waals surface area (Å²) in [6.45, 7) is 2.32. The zero-order valence-corrected chi connectivity index (χ0v) is 13.7. The van der Waals surface area contributed by atoms with E-state index in [2.05, 4.69) is 41.6 Å². The molecule has 1 fully saturated rings. The van der Waals surface area contributed by atoms with Gasteiger partial charge < -0.3 is 4.74 Å². The Kier molecular flexibility index (Phi) is 5.77. The van der Waals surface area contributed by atoms with E-state index in [9.17, 15) is 0 Å². The van der Waals surface area contributed by atoms with Gasteiger partial charge in [-0.2, -0.15) is 0 Å². The molecule has 0 N–H and O–H groups in total. The van der Waals surface area contributed by atoms with E-state index in [1.54, 1.807) is 0 Å². The standard InChI is InChI=1S/C15H20ClIO/c1-11-4-2-3-5-14(11)18-15(10-17)12-6-8-13(16)9-7-12/h6-9,11,14-15H,2-5,10H2,1H3. The first-order valence-corrected chi connectivity index (χ1v) is 8.58. The average molecular weight is 379 g/mol. The summed E-state index contributed by atoms with van der Waals surface area (Å²) in [4.78, 5) is 0. The number of benzene rings is 1. The van der Waals surface area contributed by atoms with Gasteiger partial charge in [-0.15, -0.1) is 0 Å². The van der Waals surface area contributed by atoms with Gasteiger partial charge in [0.2, 0.25) is 0 Å². The molecule has 0 amide bonds. The van der Waals surface area contributed by atoms with Crippen LogP contribution in [0.2, 0.25) is 5.02 Å². The van der Waals surface area contributed by atoms with Gasteiger partial charge >= 0.3 is 0 Å². The smallest absolute Gasteiger partial charge is 0.0918 e. The van der Waals surface area contributed by atoms with E-state index >= 15 is 0 Å². The van der Waals surface area contributed by atoms with Crippen molar-refractivity contribution in [3.63, 3.8) is 0 Å². The summed E-state index contributed by atoms with van der Waals surface area (Å²) in [7, 11) is 0. The summed E-state index contributed by atoms with van der Waals surface area (Å²) in [5.74, 6) is 0.691. The van der Waals surface area contributed by atoms with E-state index in [0.717, 1.165) is 9.45 Å². The predicted molar refractivity (Wildman–Crippen MR) is 85.6 cm³/mol. The largest absolute Gasteiger partial charge is 0.369 e. The average Bonchev–Trinajstić information content (AvgIpc) is 2.39. The lowest BCUT2D eigenvalue weighted by atomic mass is 9.88. The Bertz CT molecular complexity index is 365. The molecule has 100 valence electrons. The molecule has 2 rings (SSSR count). The monoisotopic (exact) mass is 378 g/mol. The molecule has 3 heteroatoms. The maximum absolute atomic E-state index is 6.33. The van der Waals surface area contributed by atoms with E-state index in [1.165, 1.54) is 31.2 Å². The maximum atomic E-state index is 6.33. The third-order valence-electron chi connectivity index (χ3n) is 3.75.